The van der Waals surface area contributed by atoms with E-state index in [0.717, 1.165) is 18.3 Å². The molecular weight excluding hydrogens is 253 g/mol. The number of pyridine rings is 1. The first-order valence-corrected chi connectivity index (χ1v) is 4.68. The number of hydrogen-bond acceptors (Lipinski definition) is 3. The molecule has 0 saturated carbocycles. The van der Waals surface area contributed by atoms with Gasteiger partial charge in [0.1, 0.15) is 0 Å². The van der Waals surface area contributed by atoms with Crippen LogP contribution in [0.3, 0.4) is 0 Å². The van der Waals surface area contributed by atoms with Gasteiger partial charge >= 0.3 is 11.9 Å². The topological polar surface area (TPSA) is 76.0 Å². The van der Waals surface area contributed by atoms with Crippen molar-refractivity contribution in [3.8, 4) is 0 Å². The molecule has 0 aliphatic carbocycles. The Morgan fingerprint density at radius 3 is 2.50 bits per heavy atom. The molecule has 8 heteroatoms. The van der Waals surface area contributed by atoms with Crippen molar-refractivity contribution in [2.45, 2.75) is 6.18 Å². The molecule has 2 rings (SSSR count). The van der Waals surface area contributed by atoms with Gasteiger partial charge in [0, 0.05) is 0 Å². The molecule has 1 N–H and O–H groups in total. The predicted octanol–water partition coefficient (Wildman–Crippen LogP) is 2.46. The summed E-state index contributed by atoms with van der Waals surface area (Å²) in [5.41, 5.74) is -2.65. The van der Waals surface area contributed by atoms with Crippen LogP contribution in [-0.4, -0.2) is 9.91 Å². The molecule has 0 spiro atoms. The van der Waals surface area contributed by atoms with Crippen LogP contribution >= 0.6 is 0 Å². The Kier molecular flexibility index (Phi) is 2.57. The van der Waals surface area contributed by atoms with Crippen LogP contribution in [0.2, 0.25) is 0 Å². The lowest BCUT2D eigenvalue weighted by atomic mass is 10.1. The summed E-state index contributed by atoms with van der Waals surface area (Å²) in [7, 11) is 0. The average molecular weight is 258 g/mol. The van der Waals surface area contributed by atoms with Gasteiger partial charge in [0.15, 0.2) is 0 Å². The zero-order chi connectivity index (χ0) is 13.5. The monoisotopic (exact) mass is 258 g/mol. The smallest absolute Gasteiger partial charge is 0.355 e. The van der Waals surface area contributed by atoms with Gasteiger partial charge in [-0.25, -0.2) is 0 Å². The molecule has 0 aliphatic rings. The van der Waals surface area contributed by atoms with Gasteiger partial charge in [-0.15, -0.1) is 0 Å². The molecule has 2 aromatic rings. The lowest BCUT2D eigenvalue weighted by Gasteiger charge is -2.07. The van der Waals surface area contributed by atoms with E-state index in [1.54, 1.807) is 0 Å². The van der Waals surface area contributed by atoms with Crippen LogP contribution in [0.4, 0.5) is 18.9 Å². The van der Waals surface area contributed by atoms with Crippen LogP contribution in [-0.2, 0) is 6.18 Å². The minimum atomic E-state index is -4.53. The Balaban J connectivity index is 2.73. The zero-order valence-corrected chi connectivity index (χ0v) is 8.62. The molecule has 0 amide bonds. The van der Waals surface area contributed by atoms with E-state index >= 15 is 0 Å². The Morgan fingerprint density at radius 1 is 1.28 bits per heavy atom. The van der Waals surface area contributed by atoms with Gasteiger partial charge in [-0.3, -0.25) is 14.9 Å². The lowest BCUT2D eigenvalue weighted by Crippen LogP contribution is -2.10. The van der Waals surface area contributed by atoms with Crippen LogP contribution in [0.5, 0.6) is 0 Å². The number of aromatic amines is 1. The molecular formula is C10H5F3N2O3. The van der Waals surface area contributed by atoms with E-state index in [9.17, 15) is 28.1 Å². The fourth-order valence-electron chi connectivity index (χ4n) is 1.52. The SMILES string of the molecule is O=c1c([N+](=O)[O-])c[nH]c2cc(C(F)(F)F)ccc12. The number of nitro groups is 1. The van der Waals surface area contributed by atoms with Crippen LogP contribution in [0.15, 0.2) is 29.2 Å². The number of alkyl halides is 3. The van der Waals surface area contributed by atoms with E-state index < -0.39 is 27.8 Å². The van der Waals surface area contributed by atoms with E-state index in [0.29, 0.717) is 6.07 Å². The van der Waals surface area contributed by atoms with Crippen LogP contribution in [0.1, 0.15) is 5.56 Å². The van der Waals surface area contributed by atoms with Gasteiger partial charge in [-0.05, 0) is 18.2 Å². The summed E-state index contributed by atoms with van der Waals surface area (Å²) in [5.74, 6) is 0. The molecule has 1 heterocycles. The molecule has 5 nitrogen and oxygen atoms in total. The van der Waals surface area contributed by atoms with Gasteiger partial charge < -0.3 is 4.98 Å². The standard InChI is InChI=1S/C10H5F3N2O3/c11-10(12,13)5-1-2-6-7(3-5)14-4-8(9(6)16)15(17)18/h1-4H,(H,14,16). The summed E-state index contributed by atoms with van der Waals surface area (Å²) < 4.78 is 37.3. The molecule has 0 bridgehead atoms. The van der Waals surface area contributed by atoms with E-state index in [1.807, 2.05) is 0 Å². The fourth-order valence-corrected chi connectivity index (χ4v) is 1.52. The van der Waals surface area contributed by atoms with Crippen molar-refractivity contribution in [2.75, 3.05) is 0 Å². The minimum Gasteiger partial charge on any atom is -0.355 e. The van der Waals surface area contributed by atoms with Crippen molar-refractivity contribution < 1.29 is 18.1 Å². The summed E-state index contributed by atoms with van der Waals surface area (Å²) in [4.78, 5) is 23.5. The number of nitrogens with one attached hydrogen (secondary N) is 1. The number of benzene rings is 1. The highest BCUT2D eigenvalue weighted by molar-refractivity contribution is 5.81. The number of H-pyrrole nitrogens is 1. The highest BCUT2D eigenvalue weighted by atomic mass is 19.4. The van der Waals surface area contributed by atoms with Crippen molar-refractivity contribution in [2.24, 2.45) is 0 Å². The Morgan fingerprint density at radius 2 is 1.94 bits per heavy atom. The third kappa shape index (κ3) is 1.92. The van der Waals surface area contributed by atoms with Gasteiger partial charge in [0.05, 0.1) is 27.6 Å². The molecule has 0 radical (unpaired) electrons. The summed E-state index contributed by atoms with van der Waals surface area (Å²) in [6.07, 6.45) is -3.75. The number of aromatic nitrogens is 1. The highest BCUT2D eigenvalue weighted by Crippen LogP contribution is 2.30. The first-order chi connectivity index (χ1) is 8.30. The molecule has 0 fully saturated rings. The summed E-state index contributed by atoms with van der Waals surface area (Å²) in [6, 6.07) is 2.37. The Bertz CT molecular complexity index is 691. The van der Waals surface area contributed by atoms with E-state index in [1.165, 1.54) is 0 Å². The largest absolute Gasteiger partial charge is 0.416 e. The quantitative estimate of drug-likeness (QED) is 0.630. The van der Waals surface area contributed by atoms with Crippen molar-refractivity contribution in [3.05, 3.63) is 50.3 Å². The van der Waals surface area contributed by atoms with Crippen LogP contribution in [0.25, 0.3) is 10.9 Å². The highest BCUT2D eigenvalue weighted by Gasteiger charge is 2.30. The fraction of sp³-hybridized carbons (Fsp3) is 0.100. The Hall–Kier alpha value is -2.38. The third-order valence-corrected chi connectivity index (χ3v) is 2.39. The first kappa shape index (κ1) is 12.1. The number of rotatable bonds is 1. The van der Waals surface area contributed by atoms with Gasteiger partial charge in [0.2, 0.25) is 0 Å². The number of nitrogens with zero attached hydrogens (tertiary/aromatic N) is 1. The van der Waals surface area contributed by atoms with Crippen molar-refractivity contribution in [3.63, 3.8) is 0 Å². The summed E-state index contributed by atoms with van der Waals surface area (Å²) in [5, 5.41) is 10.3. The molecule has 0 unspecified atom stereocenters. The molecule has 1 aromatic carbocycles. The van der Waals surface area contributed by atoms with Crippen LogP contribution < -0.4 is 5.43 Å². The molecule has 94 valence electrons. The van der Waals surface area contributed by atoms with E-state index in [-0.39, 0.29) is 10.9 Å². The van der Waals surface area contributed by atoms with Gasteiger partial charge in [-0.2, -0.15) is 13.2 Å². The summed E-state index contributed by atoms with van der Waals surface area (Å²) >= 11 is 0. The van der Waals surface area contributed by atoms with Crippen LogP contribution in [0, 0.1) is 10.1 Å². The molecule has 0 saturated heterocycles. The second-order valence-electron chi connectivity index (χ2n) is 3.52. The molecule has 0 aliphatic heterocycles. The number of halogens is 3. The molecule has 18 heavy (non-hydrogen) atoms. The molecule has 1 aromatic heterocycles. The maximum atomic E-state index is 12.4. The van der Waals surface area contributed by atoms with Crippen molar-refractivity contribution >= 4 is 16.6 Å². The van der Waals surface area contributed by atoms with Crippen molar-refractivity contribution in [1.82, 2.24) is 4.98 Å². The zero-order valence-electron chi connectivity index (χ0n) is 8.62. The third-order valence-electron chi connectivity index (χ3n) is 2.39. The van der Waals surface area contributed by atoms with E-state index in [4.69, 9.17) is 0 Å². The van der Waals surface area contributed by atoms with Gasteiger partial charge in [-0.1, -0.05) is 0 Å². The Labute approximate surface area is 97.0 Å². The minimum absolute atomic E-state index is 0.0968. The van der Waals surface area contributed by atoms with Crippen molar-refractivity contribution in [1.29, 1.82) is 0 Å². The predicted molar refractivity (Wildman–Crippen MR) is 56.2 cm³/mol. The normalized spacial score (nSPS) is 11.7. The lowest BCUT2D eigenvalue weighted by molar-refractivity contribution is -0.386. The maximum Gasteiger partial charge on any atom is 0.416 e. The van der Waals surface area contributed by atoms with E-state index in [2.05, 4.69) is 4.98 Å². The second kappa shape index (κ2) is 3.83. The number of fused-ring (bicyclic) bond motifs is 1. The number of hydrogen-bond donors (Lipinski definition) is 1. The maximum absolute atomic E-state index is 12.4. The van der Waals surface area contributed by atoms with Gasteiger partial charge in [0.25, 0.3) is 5.43 Å². The summed E-state index contributed by atoms with van der Waals surface area (Å²) in [6.45, 7) is 0. The average Bonchev–Trinajstić information content (AvgIpc) is 2.27. The second-order valence-corrected chi connectivity index (χ2v) is 3.52. The first-order valence-electron chi connectivity index (χ1n) is 4.68. The molecule has 0 atom stereocenters.